The van der Waals surface area contributed by atoms with Gasteiger partial charge in [0.25, 0.3) is 0 Å². The van der Waals surface area contributed by atoms with Crippen molar-refractivity contribution in [2.45, 2.75) is 32.2 Å². The number of hydrogen-bond donors (Lipinski definition) is 2. The summed E-state index contributed by atoms with van der Waals surface area (Å²) in [6, 6.07) is 3.61. The van der Waals surface area contributed by atoms with Crippen LogP contribution in [0.3, 0.4) is 0 Å². The van der Waals surface area contributed by atoms with Crippen molar-refractivity contribution in [3.63, 3.8) is 0 Å². The van der Waals surface area contributed by atoms with E-state index in [0.717, 1.165) is 18.5 Å². The van der Waals surface area contributed by atoms with E-state index < -0.39 is 5.82 Å². The highest BCUT2D eigenvalue weighted by Gasteiger charge is 2.17. The lowest BCUT2D eigenvalue weighted by atomic mass is 10.0. The van der Waals surface area contributed by atoms with Gasteiger partial charge in [0.1, 0.15) is 0 Å². The van der Waals surface area contributed by atoms with Crippen LogP contribution in [0.15, 0.2) is 12.1 Å². The maximum Gasteiger partial charge on any atom is 0.165 e. The van der Waals surface area contributed by atoms with Crippen molar-refractivity contribution in [3.8, 4) is 5.75 Å². The van der Waals surface area contributed by atoms with Crippen molar-refractivity contribution < 1.29 is 9.50 Å². The lowest BCUT2D eigenvalue weighted by Crippen LogP contribution is -2.23. The standard InChI is InChI=1S/C12H16FNO/c1-8-5-9(12(15)11(13)6-8)7-10-3-2-4-14-10/h5-6,10,14-15H,2-4,7H2,1H3. The maximum atomic E-state index is 13.2. The van der Waals surface area contributed by atoms with Gasteiger partial charge in [-0.15, -0.1) is 0 Å². The third-order valence-corrected chi connectivity index (χ3v) is 2.92. The molecule has 2 rings (SSSR count). The zero-order valence-electron chi connectivity index (χ0n) is 8.89. The fourth-order valence-corrected chi connectivity index (χ4v) is 2.16. The number of benzene rings is 1. The molecule has 1 fully saturated rings. The van der Waals surface area contributed by atoms with Gasteiger partial charge in [-0.05, 0) is 49.9 Å². The number of phenolic OH excluding ortho intramolecular Hbond substituents is 1. The molecule has 0 amide bonds. The first-order chi connectivity index (χ1) is 7.16. The zero-order chi connectivity index (χ0) is 10.8. The van der Waals surface area contributed by atoms with E-state index in [2.05, 4.69) is 5.32 Å². The van der Waals surface area contributed by atoms with Gasteiger partial charge in [-0.2, -0.15) is 0 Å². The molecule has 2 nitrogen and oxygen atoms in total. The molecule has 1 heterocycles. The van der Waals surface area contributed by atoms with E-state index in [9.17, 15) is 9.50 Å². The minimum Gasteiger partial charge on any atom is -0.505 e. The van der Waals surface area contributed by atoms with Gasteiger partial charge in [0.05, 0.1) is 0 Å². The second-order valence-corrected chi connectivity index (χ2v) is 4.25. The van der Waals surface area contributed by atoms with Crippen LogP contribution in [0.25, 0.3) is 0 Å². The molecule has 1 aromatic rings. The smallest absolute Gasteiger partial charge is 0.165 e. The third-order valence-electron chi connectivity index (χ3n) is 2.92. The van der Waals surface area contributed by atoms with Crippen molar-refractivity contribution >= 4 is 0 Å². The molecule has 0 aromatic heterocycles. The second-order valence-electron chi connectivity index (χ2n) is 4.25. The number of nitrogens with one attached hydrogen (secondary N) is 1. The van der Waals surface area contributed by atoms with Crippen LogP contribution in [-0.4, -0.2) is 17.7 Å². The predicted molar refractivity (Wildman–Crippen MR) is 57.5 cm³/mol. The Morgan fingerprint density at radius 2 is 2.33 bits per heavy atom. The summed E-state index contributed by atoms with van der Waals surface area (Å²) < 4.78 is 13.2. The molecule has 1 unspecified atom stereocenters. The van der Waals surface area contributed by atoms with E-state index in [0.29, 0.717) is 18.0 Å². The summed E-state index contributed by atoms with van der Waals surface area (Å²) in [4.78, 5) is 0. The highest BCUT2D eigenvalue weighted by Crippen LogP contribution is 2.25. The number of aryl methyl sites for hydroxylation is 1. The minimum atomic E-state index is -0.511. The van der Waals surface area contributed by atoms with Crippen molar-refractivity contribution in [1.82, 2.24) is 5.32 Å². The highest BCUT2D eigenvalue weighted by atomic mass is 19.1. The molecule has 0 aliphatic carbocycles. The Morgan fingerprint density at radius 1 is 1.53 bits per heavy atom. The van der Waals surface area contributed by atoms with Gasteiger partial charge in [0.2, 0.25) is 0 Å². The van der Waals surface area contributed by atoms with Crippen LogP contribution in [0.5, 0.6) is 5.75 Å². The third kappa shape index (κ3) is 2.29. The quantitative estimate of drug-likeness (QED) is 0.782. The topological polar surface area (TPSA) is 32.3 Å². The maximum absolute atomic E-state index is 13.2. The SMILES string of the molecule is Cc1cc(F)c(O)c(CC2CCCN2)c1. The van der Waals surface area contributed by atoms with E-state index in [-0.39, 0.29) is 5.75 Å². The fraction of sp³-hybridized carbons (Fsp3) is 0.500. The van der Waals surface area contributed by atoms with E-state index >= 15 is 0 Å². The van der Waals surface area contributed by atoms with Crippen LogP contribution in [0.1, 0.15) is 24.0 Å². The van der Waals surface area contributed by atoms with E-state index in [1.165, 1.54) is 12.5 Å². The summed E-state index contributed by atoms with van der Waals surface area (Å²) in [5.74, 6) is -0.697. The highest BCUT2D eigenvalue weighted by molar-refractivity contribution is 5.37. The molecule has 1 atom stereocenters. The van der Waals surface area contributed by atoms with Crippen molar-refractivity contribution in [3.05, 3.63) is 29.1 Å². The van der Waals surface area contributed by atoms with Gasteiger partial charge >= 0.3 is 0 Å². The van der Waals surface area contributed by atoms with Gasteiger partial charge < -0.3 is 10.4 Å². The molecular weight excluding hydrogens is 193 g/mol. The predicted octanol–water partition coefficient (Wildman–Crippen LogP) is 2.13. The van der Waals surface area contributed by atoms with Crippen LogP contribution in [-0.2, 0) is 6.42 Å². The first-order valence-electron chi connectivity index (χ1n) is 5.38. The van der Waals surface area contributed by atoms with Gasteiger partial charge in [-0.25, -0.2) is 4.39 Å². The molecule has 1 saturated heterocycles. The molecule has 1 aliphatic rings. The average molecular weight is 209 g/mol. The lowest BCUT2D eigenvalue weighted by molar-refractivity contribution is 0.421. The first-order valence-corrected chi connectivity index (χ1v) is 5.38. The molecule has 15 heavy (non-hydrogen) atoms. The Balaban J connectivity index is 2.19. The summed E-state index contributed by atoms with van der Waals surface area (Å²) in [6.45, 7) is 2.87. The Morgan fingerprint density at radius 3 is 3.00 bits per heavy atom. The second kappa shape index (κ2) is 4.19. The summed E-state index contributed by atoms with van der Waals surface area (Å²) >= 11 is 0. The van der Waals surface area contributed by atoms with E-state index in [1.807, 2.05) is 13.0 Å². The Bertz CT molecular complexity index is 359. The van der Waals surface area contributed by atoms with E-state index in [4.69, 9.17) is 0 Å². The summed E-state index contributed by atoms with van der Waals surface area (Å²) in [6.07, 6.45) is 2.99. The summed E-state index contributed by atoms with van der Waals surface area (Å²) in [5, 5.41) is 12.9. The normalized spacial score (nSPS) is 20.8. The number of rotatable bonds is 2. The monoisotopic (exact) mass is 209 g/mol. The Kier molecular flexibility index (Phi) is 2.91. The fourth-order valence-electron chi connectivity index (χ4n) is 2.16. The Hall–Kier alpha value is -1.09. The number of aromatic hydroxyl groups is 1. The number of phenols is 1. The zero-order valence-corrected chi connectivity index (χ0v) is 8.89. The summed E-state index contributed by atoms with van der Waals surface area (Å²) in [7, 11) is 0. The summed E-state index contributed by atoms with van der Waals surface area (Å²) in [5.41, 5.74) is 1.57. The molecule has 0 bridgehead atoms. The molecule has 1 aliphatic heterocycles. The van der Waals surface area contributed by atoms with Gasteiger partial charge in [-0.3, -0.25) is 0 Å². The molecule has 1 aromatic carbocycles. The van der Waals surface area contributed by atoms with Gasteiger partial charge in [-0.1, -0.05) is 6.07 Å². The average Bonchev–Trinajstić information content (AvgIpc) is 2.66. The van der Waals surface area contributed by atoms with Crippen LogP contribution < -0.4 is 5.32 Å². The molecule has 82 valence electrons. The molecule has 0 saturated carbocycles. The lowest BCUT2D eigenvalue weighted by Gasteiger charge is -2.12. The van der Waals surface area contributed by atoms with Crippen LogP contribution in [0.2, 0.25) is 0 Å². The van der Waals surface area contributed by atoms with Crippen LogP contribution in [0, 0.1) is 12.7 Å². The van der Waals surface area contributed by atoms with Crippen molar-refractivity contribution in [2.24, 2.45) is 0 Å². The number of halogens is 1. The van der Waals surface area contributed by atoms with Gasteiger partial charge in [0, 0.05) is 6.04 Å². The molecule has 0 radical (unpaired) electrons. The molecule has 2 N–H and O–H groups in total. The van der Waals surface area contributed by atoms with Crippen LogP contribution in [0.4, 0.5) is 4.39 Å². The molecule has 0 spiro atoms. The van der Waals surface area contributed by atoms with Crippen LogP contribution >= 0.6 is 0 Å². The van der Waals surface area contributed by atoms with Crippen molar-refractivity contribution in [2.75, 3.05) is 6.54 Å². The Labute approximate surface area is 89.1 Å². The molecule has 3 heteroatoms. The largest absolute Gasteiger partial charge is 0.505 e. The number of hydrogen-bond acceptors (Lipinski definition) is 2. The molecular formula is C12H16FNO. The first kappa shape index (κ1) is 10.4. The van der Waals surface area contributed by atoms with Crippen molar-refractivity contribution in [1.29, 1.82) is 0 Å². The minimum absolute atomic E-state index is 0.186. The van der Waals surface area contributed by atoms with Gasteiger partial charge in [0.15, 0.2) is 11.6 Å². The van der Waals surface area contributed by atoms with E-state index in [1.54, 1.807) is 0 Å².